The second-order valence-electron chi connectivity index (χ2n) is 5.86. The van der Waals surface area contributed by atoms with Crippen LogP contribution in [0.4, 0.5) is 5.69 Å². The zero-order valence-electron chi connectivity index (χ0n) is 12.9. The van der Waals surface area contributed by atoms with Gasteiger partial charge < -0.3 is 5.73 Å². The molecule has 1 saturated carbocycles. The van der Waals surface area contributed by atoms with Gasteiger partial charge in [-0.05, 0) is 44.1 Å². The second kappa shape index (κ2) is 6.18. The number of hydrogen-bond donors (Lipinski definition) is 2. The summed E-state index contributed by atoms with van der Waals surface area (Å²) in [4.78, 5) is 0.233. The van der Waals surface area contributed by atoms with E-state index in [0.29, 0.717) is 17.8 Å². The number of aryl methyl sites for hydroxylation is 2. The number of benzene rings is 1. The highest BCUT2D eigenvalue weighted by Crippen LogP contribution is 2.40. The Morgan fingerprint density at radius 2 is 1.81 bits per heavy atom. The fourth-order valence-electron chi connectivity index (χ4n) is 2.93. The van der Waals surface area contributed by atoms with E-state index in [2.05, 4.69) is 11.0 Å². The molecule has 0 saturated heterocycles. The molecule has 2 rings (SSSR count). The van der Waals surface area contributed by atoms with E-state index in [0.717, 1.165) is 18.4 Å². The van der Waals surface area contributed by atoms with Crippen molar-refractivity contribution in [3.8, 4) is 0 Å². The molecule has 118 valence electrons. The number of anilines is 1. The zero-order chi connectivity index (χ0) is 15.7. The number of nitrogen functional groups attached to an aromatic ring is 1. The van der Waals surface area contributed by atoms with Gasteiger partial charge in [0.05, 0.1) is 5.69 Å². The minimum atomic E-state index is -3.57. The first kappa shape index (κ1) is 16.6. The first-order valence-electron chi connectivity index (χ1n) is 7.22. The average Bonchev–Trinajstić information content (AvgIpc) is 2.91. The number of sulfonamides is 1. The van der Waals surface area contributed by atoms with Crippen molar-refractivity contribution >= 4 is 27.5 Å². The molecule has 0 heterocycles. The summed E-state index contributed by atoms with van der Waals surface area (Å²) in [6.07, 6.45) is 6.55. The summed E-state index contributed by atoms with van der Waals surface area (Å²) < 4.78 is 28.1. The minimum Gasteiger partial charge on any atom is -0.397 e. The van der Waals surface area contributed by atoms with E-state index in [9.17, 15) is 8.42 Å². The summed E-state index contributed by atoms with van der Waals surface area (Å²) in [5.41, 5.74) is 7.83. The maximum absolute atomic E-state index is 12.6. The van der Waals surface area contributed by atoms with Gasteiger partial charge in [0.2, 0.25) is 10.0 Å². The van der Waals surface area contributed by atoms with Crippen LogP contribution in [0.25, 0.3) is 0 Å². The van der Waals surface area contributed by atoms with Gasteiger partial charge in [-0.2, -0.15) is 11.8 Å². The molecule has 0 radical (unpaired) electrons. The summed E-state index contributed by atoms with van der Waals surface area (Å²) in [7, 11) is -3.57. The molecule has 0 unspecified atom stereocenters. The van der Waals surface area contributed by atoms with Crippen molar-refractivity contribution in [1.29, 1.82) is 0 Å². The van der Waals surface area contributed by atoms with E-state index in [1.54, 1.807) is 24.8 Å². The molecule has 6 heteroatoms. The molecule has 0 bridgehead atoms. The third kappa shape index (κ3) is 3.38. The van der Waals surface area contributed by atoms with Crippen molar-refractivity contribution in [2.75, 3.05) is 18.5 Å². The van der Waals surface area contributed by atoms with Crippen LogP contribution in [0.15, 0.2) is 17.0 Å². The Morgan fingerprint density at radius 1 is 1.24 bits per heavy atom. The molecule has 1 aromatic rings. The third-order valence-corrected chi connectivity index (χ3v) is 7.43. The lowest BCUT2D eigenvalue weighted by Crippen LogP contribution is -2.38. The van der Waals surface area contributed by atoms with E-state index in [-0.39, 0.29) is 9.64 Å². The van der Waals surface area contributed by atoms with Gasteiger partial charge in [0.15, 0.2) is 0 Å². The normalized spacial score (nSPS) is 18.0. The Kier molecular flexibility index (Phi) is 4.90. The van der Waals surface area contributed by atoms with Crippen molar-refractivity contribution in [2.45, 2.75) is 49.2 Å². The molecular formula is C15H24N2O2S2. The lowest BCUT2D eigenvalue weighted by molar-refractivity contribution is 0.551. The van der Waals surface area contributed by atoms with Crippen LogP contribution in [0.3, 0.4) is 0 Å². The number of hydrogen-bond acceptors (Lipinski definition) is 4. The van der Waals surface area contributed by atoms with E-state index < -0.39 is 10.0 Å². The lowest BCUT2D eigenvalue weighted by Gasteiger charge is -2.27. The standard InChI is InChI=1S/C15H24N2O2S2/c1-11-6-7-12(2)14(13(11)16)21(18,19)17-10-15(20-3)8-4-5-9-15/h6-7,17H,4-5,8-10,16H2,1-3H3. The van der Waals surface area contributed by atoms with Gasteiger partial charge in [-0.1, -0.05) is 25.0 Å². The maximum atomic E-state index is 12.6. The molecule has 4 nitrogen and oxygen atoms in total. The molecule has 21 heavy (non-hydrogen) atoms. The van der Waals surface area contributed by atoms with Crippen molar-refractivity contribution in [3.63, 3.8) is 0 Å². The van der Waals surface area contributed by atoms with E-state index in [1.165, 1.54) is 12.8 Å². The van der Waals surface area contributed by atoms with Crippen LogP contribution in [0.2, 0.25) is 0 Å². The van der Waals surface area contributed by atoms with Crippen LogP contribution in [-0.2, 0) is 10.0 Å². The molecule has 0 atom stereocenters. The molecule has 0 spiro atoms. The van der Waals surface area contributed by atoms with E-state index in [1.807, 2.05) is 13.0 Å². The van der Waals surface area contributed by atoms with Crippen LogP contribution in [0, 0.1) is 13.8 Å². The van der Waals surface area contributed by atoms with Gasteiger partial charge in [0.25, 0.3) is 0 Å². The van der Waals surface area contributed by atoms with Gasteiger partial charge in [-0.15, -0.1) is 0 Å². The smallest absolute Gasteiger partial charge is 0.242 e. The number of thioether (sulfide) groups is 1. The van der Waals surface area contributed by atoms with Crippen LogP contribution in [-0.4, -0.2) is 26.0 Å². The largest absolute Gasteiger partial charge is 0.397 e. The Bertz CT molecular complexity index is 621. The fraction of sp³-hybridized carbons (Fsp3) is 0.600. The monoisotopic (exact) mass is 328 g/mol. The third-order valence-electron chi connectivity index (χ3n) is 4.41. The Labute approximate surface area is 131 Å². The Hall–Kier alpha value is -0.720. The first-order chi connectivity index (χ1) is 9.81. The van der Waals surface area contributed by atoms with Gasteiger partial charge in [-0.25, -0.2) is 13.1 Å². The van der Waals surface area contributed by atoms with Crippen LogP contribution >= 0.6 is 11.8 Å². The molecule has 0 aromatic heterocycles. The topological polar surface area (TPSA) is 72.2 Å². The summed E-state index contributed by atoms with van der Waals surface area (Å²) in [5.74, 6) is 0. The maximum Gasteiger partial charge on any atom is 0.242 e. The molecule has 1 aliphatic carbocycles. The van der Waals surface area contributed by atoms with Gasteiger partial charge >= 0.3 is 0 Å². The molecule has 0 amide bonds. The predicted molar refractivity (Wildman–Crippen MR) is 90.2 cm³/mol. The number of nitrogens with one attached hydrogen (secondary N) is 1. The Balaban J connectivity index is 2.25. The highest BCUT2D eigenvalue weighted by Gasteiger charge is 2.34. The SMILES string of the molecule is CSC1(CNS(=O)(=O)c2c(C)ccc(C)c2N)CCCC1. The average molecular weight is 329 g/mol. The molecule has 3 N–H and O–H groups in total. The number of nitrogens with two attached hydrogens (primary N) is 1. The summed E-state index contributed by atoms with van der Waals surface area (Å²) >= 11 is 1.77. The van der Waals surface area contributed by atoms with E-state index in [4.69, 9.17) is 5.73 Å². The quantitative estimate of drug-likeness (QED) is 0.815. The van der Waals surface area contributed by atoms with Crippen molar-refractivity contribution in [3.05, 3.63) is 23.3 Å². The van der Waals surface area contributed by atoms with Crippen molar-refractivity contribution in [1.82, 2.24) is 4.72 Å². The van der Waals surface area contributed by atoms with Crippen LogP contribution < -0.4 is 10.5 Å². The van der Waals surface area contributed by atoms with Crippen LogP contribution in [0.1, 0.15) is 36.8 Å². The second-order valence-corrected chi connectivity index (χ2v) is 8.84. The summed E-state index contributed by atoms with van der Waals surface area (Å²) in [6.45, 7) is 4.09. The van der Waals surface area contributed by atoms with Gasteiger partial charge in [0.1, 0.15) is 4.90 Å². The highest BCUT2D eigenvalue weighted by molar-refractivity contribution is 8.00. The minimum absolute atomic E-state index is 0.0412. The molecule has 1 aromatic carbocycles. The van der Waals surface area contributed by atoms with Gasteiger partial charge in [-0.3, -0.25) is 0 Å². The van der Waals surface area contributed by atoms with Crippen molar-refractivity contribution < 1.29 is 8.42 Å². The van der Waals surface area contributed by atoms with Gasteiger partial charge in [0, 0.05) is 11.3 Å². The Morgan fingerprint density at radius 3 is 2.38 bits per heavy atom. The predicted octanol–water partition coefficient (Wildman–Crippen LogP) is 2.84. The van der Waals surface area contributed by atoms with Crippen molar-refractivity contribution in [2.24, 2.45) is 0 Å². The van der Waals surface area contributed by atoms with E-state index >= 15 is 0 Å². The molecule has 1 fully saturated rings. The zero-order valence-corrected chi connectivity index (χ0v) is 14.5. The van der Waals surface area contributed by atoms with Crippen LogP contribution in [0.5, 0.6) is 0 Å². The summed E-state index contributed by atoms with van der Waals surface area (Å²) in [5, 5.41) is 0. The fourth-order valence-corrected chi connectivity index (χ4v) is 5.49. The highest BCUT2D eigenvalue weighted by atomic mass is 32.2. The first-order valence-corrected chi connectivity index (χ1v) is 9.93. The lowest BCUT2D eigenvalue weighted by atomic mass is 10.1. The molecule has 0 aliphatic heterocycles. The summed E-state index contributed by atoms with van der Waals surface area (Å²) in [6, 6.07) is 3.66. The molecule has 1 aliphatic rings. The molecular weight excluding hydrogens is 304 g/mol. The number of rotatable bonds is 5.